The van der Waals surface area contributed by atoms with E-state index < -0.39 is 12.1 Å². The number of nitrogens with two attached hydrogens (primary N) is 2. The van der Waals surface area contributed by atoms with E-state index in [-0.39, 0.29) is 6.61 Å². The summed E-state index contributed by atoms with van der Waals surface area (Å²) in [7, 11) is 0. The maximum absolute atomic E-state index is 8.94. The van der Waals surface area contributed by atoms with Crippen LogP contribution in [-0.2, 0) is 0 Å². The summed E-state index contributed by atoms with van der Waals surface area (Å²) in [5.41, 5.74) is 13.9. The molecule has 2 aromatic rings. The Balaban J connectivity index is 2.38. The Kier molecular flexibility index (Phi) is 2.91. The average Bonchev–Trinajstić information content (AvgIpc) is 2.65. The first kappa shape index (κ1) is 11.1. The zero-order valence-corrected chi connectivity index (χ0v) is 9.05. The van der Waals surface area contributed by atoms with E-state index in [0.29, 0.717) is 11.5 Å². The van der Waals surface area contributed by atoms with Crippen molar-refractivity contribution in [3.63, 3.8) is 0 Å². The van der Waals surface area contributed by atoms with Crippen LogP contribution in [0.4, 0.5) is 0 Å². The van der Waals surface area contributed by atoms with Gasteiger partial charge in [-0.25, -0.2) is 4.98 Å². The van der Waals surface area contributed by atoms with E-state index in [1.165, 1.54) is 0 Å². The van der Waals surface area contributed by atoms with Gasteiger partial charge in [-0.3, -0.25) is 0 Å². The van der Waals surface area contributed by atoms with Crippen LogP contribution in [0.3, 0.4) is 0 Å². The van der Waals surface area contributed by atoms with Crippen LogP contribution >= 0.6 is 0 Å². The van der Waals surface area contributed by atoms with Crippen molar-refractivity contribution in [3.05, 3.63) is 29.7 Å². The largest absolute Gasteiger partial charge is 0.441 e. The number of aliphatic hydroxyl groups excluding tert-OH is 1. The van der Waals surface area contributed by atoms with E-state index in [1.807, 2.05) is 18.2 Å². The van der Waals surface area contributed by atoms with Crippen molar-refractivity contribution >= 4 is 11.1 Å². The minimum atomic E-state index is -0.471. The van der Waals surface area contributed by atoms with Crippen LogP contribution in [0.5, 0.6) is 0 Å². The first-order chi connectivity index (χ1) is 7.61. The molecule has 2 unspecified atom stereocenters. The molecule has 5 nitrogen and oxygen atoms in total. The second-order valence-corrected chi connectivity index (χ2v) is 3.83. The second-order valence-electron chi connectivity index (χ2n) is 3.83. The fourth-order valence-corrected chi connectivity index (χ4v) is 1.62. The maximum atomic E-state index is 8.94. The molecule has 2 rings (SSSR count). The van der Waals surface area contributed by atoms with Gasteiger partial charge in [-0.1, -0.05) is 6.07 Å². The fraction of sp³-hybridized carbons (Fsp3) is 0.364. The molecule has 0 saturated heterocycles. The van der Waals surface area contributed by atoms with Crippen LogP contribution in [0.25, 0.3) is 11.1 Å². The summed E-state index contributed by atoms with van der Waals surface area (Å²) >= 11 is 0. The van der Waals surface area contributed by atoms with Crippen LogP contribution in [0.1, 0.15) is 17.5 Å². The first-order valence-electron chi connectivity index (χ1n) is 5.11. The Morgan fingerprint density at radius 2 is 2.19 bits per heavy atom. The highest BCUT2D eigenvalue weighted by atomic mass is 16.3. The molecule has 0 amide bonds. The number of benzene rings is 1. The van der Waals surface area contributed by atoms with Crippen molar-refractivity contribution in [3.8, 4) is 0 Å². The Labute approximate surface area is 93.1 Å². The smallest absolute Gasteiger partial charge is 0.192 e. The quantitative estimate of drug-likeness (QED) is 0.699. The highest BCUT2D eigenvalue weighted by molar-refractivity contribution is 5.73. The van der Waals surface area contributed by atoms with Crippen molar-refractivity contribution in [2.45, 2.75) is 19.0 Å². The molecule has 0 radical (unpaired) electrons. The fourth-order valence-electron chi connectivity index (χ4n) is 1.62. The lowest BCUT2D eigenvalue weighted by Crippen LogP contribution is -2.37. The van der Waals surface area contributed by atoms with Gasteiger partial charge in [0.25, 0.3) is 0 Å². The SMILES string of the molecule is Cc1nc2ccc(C(N)C(N)CO)cc2o1. The van der Waals surface area contributed by atoms with Gasteiger partial charge in [0.05, 0.1) is 6.61 Å². The zero-order valence-electron chi connectivity index (χ0n) is 9.05. The minimum absolute atomic E-state index is 0.144. The average molecular weight is 221 g/mol. The van der Waals surface area contributed by atoms with Crippen molar-refractivity contribution in [1.29, 1.82) is 0 Å². The minimum Gasteiger partial charge on any atom is -0.441 e. The van der Waals surface area contributed by atoms with Gasteiger partial charge in [-0.15, -0.1) is 0 Å². The number of aryl methyl sites for hydroxylation is 1. The highest BCUT2D eigenvalue weighted by Gasteiger charge is 2.15. The van der Waals surface area contributed by atoms with Crippen LogP contribution in [-0.4, -0.2) is 22.7 Å². The number of oxazole rings is 1. The lowest BCUT2D eigenvalue weighted by Gasteiger charge is -2.17. The van der Waals surface area contributed by atoms with Crippen molar-refractivity contribution in [2.24, 2.45) is 11.5 Å². The molecular weight excluding hydrogens is 206 g/mol. The predicted octanol–water partition coefficient (Wildman–Crippen LogP) is 0.456. The molecule has 5 heteroatoms. The van der Waals surface area contributed by atoms with E-state index in [4.69, 9.17) is 21.0 Å². The summed E-state index contributed by atoms with van der Waals surface area (Å²) in [5, 5.41) is 8.94. The number of hydrogen-bond donors (Lipinski definition) is 3. The number of aliphatic hydroxyl groups is 1. The summed E-state index contributed by atoms with van der Waals surface area (Å²) in [4.78, 5) is 4.19. The van der Waals surface area contributed by atoms with Crippen LogP contribution in [0.15, 0.2) is 22.6 Å². The van der Waals surface area contributed by atoms with Gasteiger partial charge in [-0.2, -0.15) is 0 Å². The molecule has 0 saturated carbocycles. The second kappa shape index (κ2) is 4.21. The first-order valence-corrected chi connectivity index (χ1v) is 5.11. The third-order valence-electron chi connectivity index (χ3n) is 2.58. The molecule has 0 aliphatic heterocycles. The number of fused-ring (bicyclic) bond motifs is 1. The van der Waals surface area contributed by atoms with Gasteiger partial charge < -0.3 is 21.0 Å². The summed E-state index contributed by atoms with van der Waals surface area (Å²) in [6.07, 6.45) is 0. The van der Waals surface area contributed by atoms with Gasteiger partial charge >= 0.3 is 0 Å². The molecule has 5 N–H and O–H groups in total. The Morgan fingerprint density at radius 3 is 2.88 bits per heavy atom. The third-order valence-corrected chi connectivity index (χ3v) is 2.58. The lowest BCUT2D eigenvalue weighted by molar-refractivity contribution is 0.250. The van der Waals surface area contributed by atoms with E-state index in [9.17, 15) is 0 Å². The molecule has 0 aliphatic rings. The van der Waals surface area contributed by atoms with E-state index in [2.05, 4.69) is 4.98 Å². The van der Waals surface area contributed by atoms with Crippen molar-refractivity contribution in [2.75, 3.05) is 6.61 Å². The summed E-state index contributed by atoms with van der Waals surface area (Å²) < 4.78 is 5.40. The molecular formula is C11H15N3O2. The number of nitrogens with zero attached hydrogens (tertiary/aromatic N) is 1. The van der Waals surface area contributed by atoms with Crippen LogP contribution in [0, 0.1) is 6.92 Å². The molecule has 2 atom stereocenters. The molecule has 0 aliphatic carbocycles. The molecule has 1 heterocycles. The highest BCUT2D eigenvalue weighted by Crippen LogP contribution is 2.21. The Morgan fingerprint density at radius 1 is 1.44 bits per heavy atom. The van der Waals surface area contributed by atoms with Gasteiger partial charge in [0.15, 0.2) is 11.5 Å². The zero-order chi connectivity index (χ0) is 11.7. The van der Waals surface area contributed by atoms with Gasteiger partial charge in [0, 0.05) is 19.0 Å². The molecule has 86 valence electrons. The Bertz CT molecular complexity index is 495. The normalized spacial score (nSPS) is 15.2. The third kappa shape index (κ3) is 1.92. The topological polar surface area (TPSA) is 98.3 Å². The van der Waals surface area contributed by atoms with Gasteiger partial charge in [0.1, 0.15) is 5.52 Å². The number of rotatable bonds is 3. The summed E-state index contributed by atoms with van der Waals surface area (Å²) in [5.74, 6) is 0.618. The summed E-state index contributed by atoms with van der Waals surface area (Å²) in [6, 6.07) is 4.63. The van der Waals surface area contributed by atoms with Crippen LogP contribution < -0.4 is 11.5 Å². The molecule has 0 bridgehead atoms. The lowest BCUT2D eigenvalue weighted by atomic mass is 10.0. The molecule has 16 heavy (non-hydrogen) atoms. The van der Waals surface area contributed by atoms with Crippen molar-refractivity contribution in [1.82, 2.24) is 4.98 Å². The predicted molar refractivity (Wildman–Crippen MR) is 60.7 cm³/mol. The Hall–Kier alpha value is -1.43. The molecule has 1 aromatic carbocycles. The van der Waals surface area contributed by atoms with Crippen LogP contribution in [0.2, 0.25) is 0 Å². The van der Waals surface area contributed by atoms with Gasteiger partial charge in [0.2, 0.25) is 0 Å². The molecule has 1 aromatic heterocycles. The number of aromatic nitrogens is 1. The molecule has 0 spiro atoms. The standard InChI is InChI=1S/C11H15N3O2/c1-6-14-9-3-2-7(4-10(9)16-6)11(13)8(12)5-15/h2-4,8,11,15H,5,12-13H2,1H3. The number of hydrogen-bond acceptors (Lipinski definition) is 5. The monoisotopic (exact) mass is 221 g/mol. The summed E-state index contributed by atoms with van der Waals surface area (Å²) in [6.45, 7) is 1.65. The van der Waals surface area contributed by atoms with E-state index >= 15 is 0 Å². The molecule has 0 fully saturated rings. The van der Waals surface area contributed by atoms with E-state index in [1.54, 1.807) is 6.92 Å². The van der Waals surface area contributed by atoms with E-state index in [0.717, 1.165) is 11.1 Å². The van der Waals surface area contributed by atoms with Gasteiger partial charge in [-0.05, 0) is 17.7 Å². The van der Waals surface area contributed by atoms with Crippen molar-refractivity contribution < 1.29 is 9.52 Å². The maximum Gasteiger partial charge on any atom is 0.192 e.